The van der Waals surface area contributed by atoms with Crippen molar-refractivity contribution >= 4 is 22.7 Å². The van der Waals surface area contributed by atoms with Crippen LogP contribution in [0.3, 0.4) is 0 Å². The number of thiazole rings is 1. The molecular weight excluding hydrogens is 248 g/mol. The van der Waals surface area contributed by atoms with Gasteiger partial charge in [-0.05, 0) is 31.3 Å². The highest BCUT2D eigenvalue weighted by Gasteiger charge is 2.40. The Balaban J connectivity index is 1.89. The summed E-state index contributed by atoms with van der Waals surface area (Å²) in [6.07, 6.45) is 3.91. The summed E-state index contributed by atoms with van der Waals surface area (Å²) in [4.78, 5) is 6.14. The van der Waals surface area contributed by atoms with Gasteiger partial charge in [-0.2, -0.15) is 0 Å². The largest absolute Gasteiger partial charge is 0.319 e. The maximum absolute atomic E-state index is 4.85. The topological polar surface area (TPSA) is 24.9 Å². The Morgan fingerprint density at radius 1 is 1.41 bits per heavy atom. The van der Waals surface area contributed by atoms with E-state index in [-0.39, 0.29) is 0 Å². The minimum Gasteiger partial charge on any atom is -0.319 e. The second-order valence-electron chi connectivity index (χ2n) is 4.68. The molecule has 0 atom stereocenters. The molecule has 4 heteroatoms. The minimum atomic E-state index is 0.328. The van der Waals surface area contributed by atoms with Gasteiger partial charge in [-0.25, -0.2) is 4.98 Å². The van der Waals surface area contributed by atoms with Crippen LogP contribution in [0.2, 0.25) is 0 Å². The van der Waals surface area contributed by atoms with Crippen LogP contribution < -0.4 is 5.32 Å². The van der Waals surface area contributed by atoms with E-state index in [9.17, 15) is 0 Å². The molecule has 0 aliphatic heterocycles. The van der Waals surface area contributed by atoms with Gasteiger partial charge in [0.25, 0.3) is 0 Å². The number of nitrogens with zero attached hydrogens (tertiary/aromatic N) is 1. The second kappa shape index (κ2) is 4.52. The summed E-state index contributed by atoms with van der Waals surface area (Å²) in [7, 11) is 2.04. The van der Waals surface area contributed by atoms with Crippen molar-refractivity contribution in [2.75, 3.05) is 13.6 Å². The van der Waals surface area contributed by atoms with Crippen molar-refractivity contribution < 1.29 is 0 Å². The lowest BCUT2D eigenvalue weighted by Gasteiger charge is -2.40. The van der Waals surface area contributed by atoms with Gasteiger partial charge in [-0.3, -0.25) is 0 Å². The molecule has 0 saturated heterocycles. The lowest BCUT2D eigenvalue weighted by molar-refractivity contribution is 0.238. The van der Waals surface area contributed by atoms with E-state index in [1.54, 1.807) is 11.3 Å². The third-order valence-corrected chi connectivity index (χ3v) is 5.54. The van der Waals surface area contributed by atoms with Gasteiger partial charge in [0.05, 0.1) is 10.6 Å². The summed E-state index contributed by atoms with van der Waals surface area (Å²) in [6.45, 7) is 1.06. The summed E-state index contributed by atoms with van der Waals surface area (Å²) in [5, 5.41) is 8.96. The van der Waals surface area contributed by atoms with Crippen LogP contribution in [-0.2, 0) is 5.41 Å². The Morgan fingerprint density at radius 2 is 2.29 bits per heavy atom. The van der Waals surface area contributed by atoms with Gasteiger partial charge in [-0.15, -0.1) is 22.7 Å². The Morgan fingerprint density at radius 3 is 2.88 bits per heavy atom. The van der Waals surface area contributed by atoms with Crippen LogP contribution in [0.4, 0.5) is 0 Å². The van der Waals surface area contributed by atoms with Crippen LogP contribution in [0.25, 0.3) is 10.6 Å². The first-order chi connectivity index (χ1) is 8.34. The Bertz CT molecular complexity index is 483. The molecular formula is C13H16N2S2. The predicted octanol–water partition coefficient (Wildman–Crippen LogP) is 3.51. The van der Waals surface area contributed by atoms with Crippen molar-refractivity contribution in [2.45, 2.75) is 24.7 Å². The second-order valence-corrected chi connectivity index (χ2v) is 6.49. The highest BCUT2D eigenvalue weighted by Crippen LogP contribution is 2.45. The van der Waals surface area contributed by atoms with E-state index >= 15 is 0 Å². The number of nitrogens with one attached hydrogen (secondary N) is 1. The quantitative estimate of drug-likeness (QED) is 0.914. The normalized spacial score (nSPS) is 17.9. The van der Waals surface area contributed by atoms with E-state index in [0.29, 0.717) is 5.41 Å². The third kappa shape index (κ3) is 1.94. The van der Waals surface area contributed by atoms with Crippen LogP contribution in [0.15, 0.2) is 22.9 Å². The molecule has 0 bridgehead atoms. The first kappa shape index (κ1) is 11.4. The lowest BCUT2D eigenvalue weighted by atomic mass is 9.69. The molecule has 0 spiro atoms. The van der Waals surface area contributed by atoms with Crippen molar-refractivity contribution in [1.82, 2.24) is 10.3 Å². The van der Waals surface area contributed by atoms with Gasteiger partial charge in [0, 0.05) is 17.3 Å². The van der Waals surface area contributed by atoms with Gasteiger partial charge < -0.3 is 5.32 Å². The molecule has 3 rings (SSSR count). The number of hydrogen-bond acceptors (Lipinski definition) is 4. The van der Waals surface area contributed by atoms with Gasteiger partial charge in [0.2, 0.25) is 0 Å². The number of hydrogen-bond donors (Lipinski definition) is 1. The van der Waals surface area contributed by atoms with Crippen LogP contribution in [0.1, 0.15) is 24.3 Å². The average Bonchev–Trinajstić information content (AvgIpc) is 2.92. The molecule has 1 aliphatic carbocycles. The van der Waals surface area contributed by atoms with E-state index in [1.165, 1.54) is 29.1 Å². The number of likely N-dealkylation sites (N-methyl/N-ethyl adjacent to an activating group) is 1. The smallest absolute Gasteiger partial charge is 0.101 e. The van der Waals surface area contributed by atoms with Crippen molar-refractivity contribution in [1.29, 1.82) is 0 Å². The molecule has 0 aromatic carbocycles. The highest BCUT2D eigenvalue weighted by atomic mass is 32.1. The fourth-order valence-electron chi connectivity index (χ4n) is 2.46. The van der Waals surface area contributed by atoms with Crippen LogP contribution in [-0.4, -0.2) is 18.6 Å². The Labute approximate surface area is 110 Å². The maximum atomic E-state index is 4.85. The molecule has 1 aliphatic rings. The van der Waals surface area contributed by atoms with Crippen LogP contribution >= 0.6 is 22.7 Å². The standard InChI is InChI=1S/C13H16N2S2/c1-14-9-13(5-3-6-13)12-15-10(8-17-12)11-4-2-7-16-11/h2,4,7-8,14H,3,5-6,9H2,1H3. The number of rotatable bonds is 4. The SMILES string of the molecule is CNCC1(c2nc(-c3cccs3)cs2)CCC1. The zero-order valence-corrected chi connectivity index (χ0v) is 11.5. The zero-order valence-electron chi connectivity index (χ0n) is 9.90. The van der Waals surface area contributed by atoms with E-state index in [4.69, 9.17) is 4.98 Å². The summed E-state index contributed by atoms with van der Waals surface area (Å²) < 4.78 is 0. The molecule has 0 amide bonds. The van der Waals surface area contributed by atoms with E-state index < -0.39 is 0 Å². The minimum absolute atomic E-state index is 0.328. The molecule has 1 fully saturated rings. The fraction of sp³-hybridized carbons (Fsp3) is 0.462. The monoisotopic (exact) mass is 264 g/mol. The molecule has 2 nitrogen and oxygen atoms in total. The molecule has 90 valence electrons. The van der Waals surface area contributed by atoms with Gasteiger partial charge in [0.1, 0.15) is 5.01 Å². The lowest BCUT2D eigenvalue weighted by Crippen LogP contribution is -2.42. The van der Waals surface area contributed by atoms with Crippen LogP contribution in [0, 0.1) is 0 Å². The first-order valence-electron chi connectivity index (χ1n) is 5.99. The summed E-state index contributed by atoms with van der Waals surface area (Å²) >= 11 is 3.59. The Kier molecular flexibility index (Phi) is 3.03. The zero-order chi connectivity index (χ0) is 11.7. The molecule has 2 aromatic rings. The number of aromatic nitrogens is 1. The average molecular weight is 264 g/mol. The van der Waals surface area contributed by atoms with Gasteiger partial charge in [0.15, 0.2) is 0 Å². The molecule has 2 heterocycles. The van der Waals surface area contributed by atoms with Gasteiger partial charge in [-0.1, -0.05) is 12.5 Å². The van der Waals surface area contributed by atoms with Crippen molar-refractivity contribution in [3.05, 3.63) is 27.9 Å². The fourth-order valence-corrected chi connectivity index (χ4v) is 4.30. The van der Waals surface area contributed by atoms with Gasteiger partial charge >= 0.3 is 0 Å². The van der Waals surface area contributed by atoms with Crippen LogP contribution in [0.5, 0.6) is 0 Å². The molecule has 2 aromatic heterocycles. The molecule has 0 unspecified atom stereocenters. The Hall–Kier alpha value is -0.710. The van der Waals surface area contributed by atoms with E-state index in [0.717, 1.165) is 12.2 Å². The summed E-state index contributed by atoms with van der Waals surface area (Å²) in [5.74, 6) is 0. The van der Waals surface area contributed by atoms with Crippen molar-refractivity contribution in [2.24, 2.45) is 0 Å². The number of thiophene rings is 1. The van der Waals surface area contributed by atoms with E-state index in [1.807, 2.05) is 18.4 Å². The molecule has 0 radical (unpaired) electrons. The summed E-state index contributed by atoms with van der Waals surface area (Å²) in [5.41, 5.74) is 1.48. The summed E-state index contributed by atoms with van der Waals surface area (Å²) in [6, 6.07) is 4.24. The third-order valence-electron chi connectivity index (χ3n) is 3.56. The van der Waals surface area contributed by atoms with Crippen molar-refractivity contribution in [3.8, 4) is 10.6 Å². The predicted molar refractivity (Wildman–Crippen MR) is 74.9 cm³/mol. The maximum Gasteiger partial charge on any atom is 0.101 e. The van der Waals surface area contributed by atoms with E-state index in [2.05, 4.69) is 28.2 Å². The molecule has 1 saturated carbocycles. The highest BCUT2D eigenvalue weighted by molar-refractivity contribution is 7.14. The van der Waals surface area contributed by atoms with Crippen molar-refractivity contribution in [3.63, 3.8) is 0 Å². The first-order valence-corrected chi connectivity index (χ1v) is 7.74. The molecule has 17 heavy (non-hydrogen) atoms. The molecule has 1 N–H and O–H groups in total.